The molecule has 0 aliphatic carbocycles. The maximum atomic E-state index is 4.66. The lowest BCUT2D eigenvalue weighted by Gasteiger charge is -2.32. The second-order valence-electron chi connectivity index (χ2n) is 6.23. The smallest absolute Gasteiger partial charge is 0.162 e. The number of benzene rings is 1. The van der Waals surface area contributed by atoms with E-state index in [4.69, 9.17) is 0 Å². The monoisotopic (exact) mass is 307 g/mol. The van der Waals surface area contributed by atoms with Crippen LogP contribution in [0.15, 0.2) is 48.9 Å². The molecule has 0 spiro atoms. The molecule has 1 aliphatic heterocycles. The molecule has 0 atom stereocenters. The molecule has 1 saturated heterocycles. The molecule has 0 radical (unpaired) electrons. The van der Waals surface area contributed by atoms with Crippen molar-refractivity contribution in [2.24, 2.45) is 0 Å². The maximum absolute atomic E-state index is 4.66. The Bertz CT molecular complexity index is 788. The summed E-state index contributed by atoms with van der Waals surface area (Å²) in [5.41, 5.74) is 4.36. The van der Waals surface area contributed by atoms with Gasteiger partial charge in [0.05, 0.1) is 6.20 Å². The number of hydrogen-bond donors (Lipinski definition) is 0. The van der Waals surface area contributed by atoms with Gasteiger partial charge in [0.1, 0.15) is 0 Å². The second-order valence-corrected chi connectivity index (χ2v) is 6.23. The molecule has 1 aromatic carbocycles. The van der Waals surface area contributed by atoms with E-state index in [-0.39, 0.29) is 0 Å². The van der Waals surface area contributed by atoms with E-state index in [9.17, 15) is 0 Å². The minimum absolute atomic E-state index is 0.915. The summed E-state index contributed by atoms with van der Waals surface area (Å²) in [6.45, 7) is 5.44. The Morgan fingerprint density at radius 1 is 1.00 bits per heavy atom. The summed E-state index contributed by atoms with van der Waals surface area (Å²) in [6.07, 6.45) is 5.99. The Hall–Kier alpha value is -2.24. The number of likely N-dealkylation sites (N-methyl/N-ethyl adjacent to an activating group) is 1. The van der Waals surface area contributed by atoms with Gasteiger partial charge in [-0.1, -0.05) is 30.3 Å². The van der Waals surface area contributed by atoms with Crippen LogP contribution in [-0.2, 0) is 6.54 Å². The molecule has 4 rings (SSSR count). The van der Waals surface area contributed by atoms with Gasteiger partial charge in [-0.25, -0.2) is 9.50 Å². The predicted octanol–water partition coefficient (Wildman–Crippen LogP) is 2.14. The molecule has 118 valence electrons. The summed E-state index contributed by atoms with van der Waals surface area (Å²) < 4.78 is 1.90. The van der Waals surface area contributed by atoms with Crippen LogP contribution in [0, 0.1) is 0 Å². The normalized spacial score (nSPS) is 16.9. The van der Waals surface area contributed by atoms with Crippen molar-refractivity contribution < 1.29 is 0 Å². The molecule has 1 fully saturated rings. The highest BCUT2D eigenvalue weighted by atomic mass is 15.3. The van der Waals surface area contributed by atoms with Crippen molar-refractivity contribution in [2.75, 3.05) is 33.2 Å². The molecule has 3 aromatic rings. The molecule has 1 aliphatic rings. The van der Waals surface area contributed by atoms with E-state index < -0.39 is 0 Å². The fourth-order valence-corrected chi connectivity index (χ4v) is 3.08. The fraction of sp³-hybridized carbons (Fsp3) is 0.333. The molecule has 0 N–H and O–H groups in total. The SMILES string of the molecule is CN1CCN(Cc2cnc3c(-c4ccccc4)cnn3c2)CC1. The van der Waals surface area contributed by atoms with Gasteiger partial charge >= 0.3 is 0 Å². The Kier molecular flexibility index (Phi) is 3.81. The highest BCUT2D eigenvalue weighted by Crippen LogP contribution is 2.23. The van der Waals surface area contributed by atoms with Gasteiger partial charge in [0.2, 0.25) is 0 Å². The zero-order valence-electron chi connectivity index (χ0n) is 13.4. The van der Waals surface area contributed by atoms with E-state index in [1.54, 1.807) is 0 Å². The molecular formula is C18H21N5. The first-order valence-corrected chi connectivity index (χ1v) is 8.08. The van der Waals surface area contributed by atoms with Gasteiger partial charge in [-0.3, -0.25) is 4.90 Å². The van der Waals surface area contributed by atoms with Gasteiger partial charge in [0.15, 0.2) is 5.65 Å². The van der Waals surface area contributed by atoms with Crippen LogP contribution >= 0.6 is 0 Å². The highest BCUT2D eigenvalue weighted by Gasteiger charge is 2.15. The Balaban J connectivity index is 1.57. The fourth-order valence-electron chi connectivity index (χ4n) is 3.08. The Morgan fingerprint density at radius 2 is 1.78 bits per heavy atom. The number of fused-ring (bicyclic) bond motifs is 1. The summed E-state index contributed by atoms with van der Waals surface area (Å²) in [7, 11) is 2.18. The van der Waals surface area contributed by atoms with Crippen LogP contribution < -0.4 is 0 Å². The standard InChI is InChI=1S/C18H21N5/c1-21-7-9-22(10-8-21)13-15-11-19-18-17(12-20-23(18)14-15)16-5-3-2-4-6-16/h2-6,11-12,14H,7-10,13H2,1H3. The lowest BCUT2D eigenvalue weighted by Crippen LogP contribution is -2.43. The predicted molar refractivity (Wildman–Crippen MR) is 91.2 cm³/mol. The minimum atomic E-state index is 0.915. The van der Waals surface area contributed by atoms with Crippen molar-refractivity contribution in [3.05, 3.63) is 54.5 Å². The highest BCUT2D eigenvalue weighted by molar-refractivity contribution is 5.76. The van der Waals surface area contributed by atoms with Gasteiger partial charge in [0.25, 0.3) is 0 Å². The van der Waals surface area contributed by atoms with Gasteiger partial charge in [0, 0.05) is 56.2 Å². The zero-order valence-corrected chi connectivity index (χ0v) is 13.4. The summed E-state index contributed by atoms with van der Waals surface area (Å²) in [5.74, 6) is 0. The zero-order chi connectivity index (χ0) is 15.6. The first-order valence-electron chi connectivity index (χ1n) is 8.08. The largest absolute Gasteiger partial charge is 0.304 e. The molecule has 2 aromatic heterocycles. The summed E-state index contributed by atoms with van der Waals surface area (Å²) in [4.78, 5) is 9.51. The average molecular weight is 307 g/mol. The van der Waals surface area contributed by atoms with E-state index in [2.05, 4.69) is 45.3 Å². The third kappa shape index (κ3) is 2.98. The summed E-state index contributed by atoms with van der Waals surface area (Å²) in [5, 5.41) is 4.49. The van der Waals surface area contributed by atoms with Gasteiger partial charge in [-0.15, -0.1) is 0 Å². The van der Waals surface area contributed by atoms with Crippen molar-refractivity contribution in [3.8, 4) is 11.1 Å². The van der Waals surface area contributed by atoms with Crippen LogP contribution in [0.3, 0.4) is 0 Å². The molecule has 0 amide bonds. The first kappa shape index (κ1) is 14.4. The third-order valence-corrected chi connectivity index (χ3v) is 4.50. The van der Waals surface area contributed by atoms with E-state index in [0.29, 0.717) is 0 Å². The van der Waals surface area contributed by atoms with Crippen LogP contribution in [0.25, 0.3) is 16.8 Å². The Labute approximate surface area is 136 Å². The maximum Gasteiger partial charge on any atom is 0.162 e. The lowest BCUT2D eigenvalue weighted by molar-refractivity contribution is 0.148. The number of aromatic nitrogens is 3. The van der Waals surface area contributed by atoms with Gasteiger partial charge in [-0.2, -0.15) is 5.10 Å². The van der Waals surface area contributed by atoms with Gasteiger partial charge < -0.3 is 4.90 Å². The van der Waals surface area contributed by atoms with Crippen molar-refractivity contribution in [1.29, 1.82) is 0 Å². The lowest BCUT2D eigenvalue weighted by atomic mass is 10.1. The molecular weight excluding hydrogens is 286 g/mol. The number of piperazine rings is 1. The summed E-state index contributed by atoms with van der Waals surface area (Å²) >= 11 is 0. The molecule has 3 heterocycles. The molecule has 23 heavy (non-hydrogen) atoms. The molecule has 0 saturated carbocycles. The molecule has 5 heteroatoms. The van der Waals surface area contributed by atoms with Crippen molar-refractivity contribution >= 4 is 5.65 Å². The second kappa shape index (κ2) is 6.10. The number of rotatable bonds is 3. The third-order valence-electron chi connectivity index (χ3n) is 4.50. The topological polar surface area (TPSA) is 36.7 Å². The Morgan fingerprint density at radius 3 is 2.57 bits per heavy atom. The van der Waals surface area contributed by atoms with Crippen LogP contribution in [-0.4, -0.2) is 57.6 Å². The van der Waals surface area contributed by atoms with E-state index in [0.717, 1.165) is 49.5 Å². The quantitative estimate of drug-likeness (QED) is 0.743. The number of nitrogens with zero attached hydrogens (tertiary/aromatic N) is 5. The summed E-state index contributed by atoms with van der Waals surface area (Å²) in [6, 6.07) is 10.3. The minimum Gasteiger partial charge on any atom is -0.304 e. The van der Waals surface area contributed by atoms with E-state index in [1.807, 2.05) is 35.1 Å². The molecule has 0 unspecified atom stereocenters. The van der Waals surface area contributed by atoms with Gasteiger partial charge in [-0.05, 0) is 12.6 Å². The van der Waals surface area contributed by atoms with Crippen molar-refractivity contribution in [1.82, 2.24) is 24.4 Å². The van der Waals surface area contributed by atoms with Crippen LogP contribution in [0.1, 0.15) is 5.56 Å². The average Bonchev–Trinajstić information content (AvgIpc) is 3.01. The first-order chi connectivity index (χ1) is 11.3. The number of hydrogen-bond acceptors (Lipinski definition) is 4. The van der Waals surface area contributed by atoms with Crippen LogP contribution in [0.5, 0.6) is 0 Å². The van der Waals surface area contributed by atoms with Crippen LogP contribution in [0.4, 0.5) is 0 Å². The van der Waals surface area contributed by atoms with E-state index >= 15 is 0 Å². The van der Waals surface area contributed by atoms with Crippen molar-refractivity contribution in [3.63, 3.8) is 0 Å². The van der Waals surface area contributed by atoms with Crippen LogP contribution in [0.2, 0.25) is 0 Å². The van der Waals surface area contributed by atoms with E-state index in [1.165, 1.54) is 5.56 Å². The molecule has 0 bridgehead atoms. The van der Waals surface area contributed by atoms with Crippen molar-refractivity contribution in [2.45, 2.75) is 6.54 Å². The molecule has 5 nitrogen and oxygen atoms in total.